The van der Waals surface area contributed by atoms with Crippen LogP contribution in [0.2, 0.25) is 0 Å². The molecule has 168 valence electrons. The Hall–Kier alpha value is -2.69. The average Bonchev–Trinajstić information content (AvgIpc) is 3.18. The lowest BCUT2D eigenvalue weighted by Gasteiger charge is -2.04. The molecule has 31 heavy (non-hydrogen) atoms. The molecule has 0 aliphatic heterocycles. The van der Waals surface area contributed by atoms with Crippen molar-refractivity contribution < 1.29 is 9.32 Å². The normalized spacial score (nSPS) is 11.6. The van der Waals surface area contributed by atoms with Gasteiger partial charge in [0.15, 0.2) is 5.82 Å². The maximum atomic E-state index is 12.5. The van der Waals surface area contributed by atoms with E-state index in [1.165, 1.54) is 32.1 Å². The molecule has 0 N–H and O–H groups in total. The first kappa shape index (κ1) is 24.6. The van der Waals surface area contributed by atoms with Crippen LogP contribution in [0.5, 0.6) is 0 Å². The molecule has 0 fully saturated rings. The van der Waals surface area contributed by atoms with E-state index in [-0.39, 0.29) is 11.7 Å². The van der Waals surface area contributed by atoms with E-state index in [1.807, 2.05) is 18.2 Å². The van der Waals surface area contributed by atoms with E-state index in [0.717, 1.165) is 43.1 Å². The van der Waals surface area contributed by atoms with E-state index < -0.39 is 5.76 Å². The monoisotopic (exact) mass is 424 g/mol. The first-order valence-corrected chi connectivity index (χ1v) is 11.7. The maximum absolute atomic E-state index is 12.5. The first-order chi connectivity index (χ1) is 15.2. The molecule has 0 saturated heterocycles. The van der Waals surface area contributed by atoms with Crippen LogP contribution >= 0.6 is 0 Å². The summed E-state index contributed by atoms with van der Waals surface area (Å²) in [6.07, 6.45) is 21.8. The maximum Gasteiger partial charge on any atom is 0.448 e. The van der Waals surface area contributed by atoms with Gasteiger partial charge < -0.3 is 0 Å². The van der Waals surface area contributed by atoms with Gasteiger partial charge in [-0.3, -0.25) is 9.32 Å². The Morgan fingerprint density at radius 1 is 0.903 bits per heavy atom. The molecule has 0 atom stereocenters. The van der Waals surface area contributed by atoms with Crippen LogP contribution in [-0.2, 0) is 0 Å². The molecule has 1 aromatic carbocycles. The Kier molecular flexibility index (Phi) is 12.0. The Morgan fingerprint density at radius 3 is 2.26 bits per heavy atom. The number of hydrogen-bond donors (Lipinski definition) is 0. The standard InChI is InChI=1S/C26H36N2O3/c1-2-3-4-5-6-7-8-9-10-11-12-13-14-15-19-22-24(29)28-25(27-31-26(28)30)23-20-17-16-18-21-23/h6-7,9-10,16-18,20-21H,2-5,8,11-15,19,22H2,1H3/b7-6-,10-9-. The van der Waals surface area contributed by atoms with Crippen molar-refractivity contribution in [1.29, 1.82) is 0 Å². The minimum absolute atomic E-state index is 0.254. The number of rotatable bonds is 15. The van der Waals surface area contributed by atoms with Crippen LogP contribution in [0, 0.1) is 0 Å². The molecule has 0 spiro atoms. The van der Waals surface area contributed by atoms with E-state index in [1.54, 1.807) is 12.1 Å². The fourth-order valence-electron chi connectivity index (χ4n) is 3.44. The number of carbonyl (C=O) groups excluding carboxylic acids is 1. The Morgan fingerprint density at radius 2 is 1.55 bits per heavy atom. The molecule has 0 bridgehead atoms. The van der Waals surface area contributed by atoms with Gasteiger partial charge in [-0.1, -0.05) is 98.8 Å². The highest BCUT2D eigenvalue weighted by Gasteiger charge is 2.18. The van der Waals surface area contributed by atoms with E-state index in [4.69, 9.17) is 4.52 Å². The number of carbonyl (C=O) groups is 1. The Labute approximate surface area is 185 Å². The van der Waals surface area contributed by atoms with Gasteiger partial charge in [-0.15, -0.1) is 0 Å². The number of aromatic nitrogens is 2. The van der Waals surface area contributed by atoms with Gasteiger partial charge in [0, 0.05) is 12.0 Å². The van der Waals surface area contributed by atoms with Crippen LogP contribution in [0.1, 0.15) is 88.8 Å². The molecule has 5 nitrogen and oxygen atoms in total. The molecule has 0 aliphatic rings. The molecule has 2 rings (SSSR count). The van der Waals surface area contributed by atoms with E-state index >= 15 is 0 Å². The second-order valence-corrected chi connectivity index (χ2v) is 7.85. The highest BCUT2D eigenvalue weighted by molar-refractivity contribution is 5.82. The van der Waals surface area contributed by atoms with Crippen LogP contribution in [0.3, 0.4) is 0 Å². The molecule has 0 saturated carbocycles. The molecule has 0 aliphatic carbocycles. The zero-order chi connectivity index (χ0) is 22.2. The van der Waals surface area contributed by atoms with E-state index in [2.05, 4.69) is 36.4 Å². The summed E-state index contributed by atoms with van der Waals surface area (Å²) in [4.78, 5) is 24.4. The van der Waals surface area contributed by atoms with Crippen molar-refractivity contribution in [3.05, 3.63) is 65.2 Å². The highest BCUT2D eigenvalue weighted by Crippen LogP contribution is 2.16. The van der Waals surface area contributed by atoms with E-state index in [0.29, 0.717) is 12.0 Å². The molecule has 2 aromatic rings. The summed E-state index contributed by atoms with van der Waals surface area (Å²) in [7, 11) is 0. The van der Waals surface area contributed by atoms with Gasteiger partial charge in [-0.2, -0.15) is 4.57 Å². The first-order valence-electron chi connectivity index (χ1n) is 11.7. The molecule has 0 unspecified atom stereocenters. The van der Waals surface area contributed by atoms with Crippen LogP contribution in [0.15, 0.2) is 64.0 Å². The van der Waals surface area contributed by atoms with Crippen LogP contribution in [0.4, 0.5) is 0 Å². The second-order valence-electron chi connectivity index (χ2n) is 7.85. The SMILES string of the molecule is CCCCC/C=C\C/C=C\CCCCCCCC(=O)n1c(-c2ccccc2)noc1=O. The quantitative estimate of drug-likeness (QED) is 0.229. The second kappa shape index (κ2) is 15.2. The number of benzene rings is 1. The van der Waals surface area contributed by atoms with Gasteiger partial charge in [-0.25, -0.2) is 4.79 Å². The largest absolute Gasteiger partial charge is 0.448 e. The third-order valence-corrected chi connectivity index (χ3v) is 5.23. The van der Waals surface area contributed by atoms with Crippen molar-refractivity contribution in [3.8, 4) is 11.4 Å². The molecular formula is C26H36N2O3. The lowest BCUT2D eigenvalue weighted by Crippen LogP contribution is -2.23. The van der Waals surface area contributed by atoms with Gasteiger partial charge >= 0.3 is 5.76 Å². The third-order valence-electron chi connectivity index (χ3n) is 5.23. The van der Waals surface area contributed by atoms with Crippen LogP contribution in [0.25, 0.3) is 11.4 Å². The van der Waals surface area contributed by atoms with Gasteiger partial charge in [0.05, 0.1) is 0 Å². The van der Waals surface area contributed by atoms with Crippen molar-refractivity contribution >= 4 is 5.91 Å². The fraction of sp³-hybridized carbons (Fsp3) is 0.500. The molecule has 0 radical (unpaired) electrons. The van der Waals surface area contributed by atoms with Crippen molar-refractivity contribution in [3.63, 3.8) is 0 Å². The number of hydrogen-bond acceptors (Lipinski definition) is 4. The van der Waals surface area contributed by atoms with Gasteiger partial charge in [0.1, 0.15) is 0 Å². The smallest absolute Gasteiger partial charge is 0.295 e. The van der Waals surface area contributed by atoms with Crippen LogP contribution in [-0.4, -0.2) is 15.6 Å². The Bertz CT molecular complexity index is 862. The number of nitrogens with zero attached hydrogens (tertiary/aromatic N) is 2. The summed E-state index contributed by atoms with van der Waals surface area (Å²) in [5.41, 5.74) is 0.696. The lowest BCUT2D eigenvalue weighted by molar-refractivity contribution is 0.0892. The summed E-state index contributed by atoms with van der Waals surface area (Å²) in [6, 6.07) is 9.16. The van der Waals surface area contributed by atoms with E-state index in [9.17, 15) is 9.59 Å². The fourth-order valence-corrected chi connectivity index (χ4v) is 3.44. The predicted octanol–water partition coefficient (Wildman–Crippen LogP) is 6.96. The number of unbranched alkanes of at least 4 members (excludes halogenated alkanes) is 8. The number of allylic oxidation sites excluding steroid dienone is 4. The summed E-state index contributed by atoms with van der Waals surface area (Å²) in [5.74, 6) is -0.694. The van der Waals surface area contributed by atoms with Crippen molar-refractivity contribution in [2.24, 2.45) is 0 Å². The van der Waals surface area contributed by atoms with Crippen molar-refractivity contribution in [2.45, 2.75) is 84.0 Å². The summed E-state index contributed by atoms with van der Waals surface area (Å²) in [6.45, 7) is 2.23. The average molecular weight is 425 g/mol. The summed E-state index contributed by atoms with van der Waals surface area (Å²) in [5, 5.41) is 3.77. The third kappa shape index (κ3) is 9.33. The van der Waals surface area contributed by atoms with Gasteiger partial charge in [-0.05, 0) is 38.5 Å². The lowest BCUT2D eigenvalue weighted by atomic mass is 10.1. The van der Waals surface area contributed by atoms with Crippen molar-refractivity contribution in [1.82, 2.24) is 9.72 Å². The molecule has 1 aromatic heterocycles. The predicted molar refractivity (Wildman–Crippen MR) is 126 cm³/mol. The molecule has 5 heteroatoms. The summed E-state index contributed by atoms with van der Waals surface area (Å²) >= 11 is 0. The van der Waals surface area contributed by atoms with Gasteiger partial charge in [0.2, 0.25) is 5.91 Å². The molecule has 0 amide bonds. The molecular weight excluding hydrogens is 388 g/mol. The van der Waals surface area contributed by atoms with Crippen molar-refractivity contribution in [2.75, 3.05) is 0 Å². The van der Waals surface area contributed by atoms with Crippen LogP contribution < -0.4 is 5.76 Å². The van der Waals surface area contributed by atoms with Gasteiger partial charge in [0.25, 0.3) is 0 Å². The highest BCUT2D eigenvalue weighted by atomic mass is 16.5. The minimum atomic E-state index is -0.716. The zero-order valence-electron chi connectivity index (χ0n) is 18.8. The Balaban J connectivity index is 1.57. The topological polar surface area (TPSA) is 65.1 Å². The summed E-state index contributed by atoms with van der Waals surface area (Å²) < 4.78 is 5.78. The minimum Gasteiger partial charge on any atom is -0.295 e. The molecule has 1 heterocycles. The zero-order valence-corrected chi connectivity index (χ0v) is 18.8.